The van der Waals surface area contributed by atoms with Crippen molar-refractivity contribution < 1.29 is 0 Å². The van der Waals surface area contributed by atoms with Gasteiger partial charge in [0.2, 0.25) is 0 Å². The average Bonchev–Trinajstić information content (AvgIpc) is 2.21. The minimum absolute atomic E-state index is 1.09. The molecule has 0 amide bonds. The second kappa shape index (κ2) is 5.49. The molecule has 2 rings (SSSR count). The first kappa shape index (κ1) is 11.7. The highest BCUT2D eigenvalue weighted by molar-refractivity contribution is 9.10. The maximum Gasteiger partial charge on any atom is 0.0233 e. The molecule has 0 saturated heterocycles. The molecule has 3 heteroatoms. The largest absolute Gasteiger partial charge is 0.333 e. The molecule has 1 aliphatic rings. The van der Waals surface area contributed by atoms with Gasteiger partial charge >= 0.3 is 0 Å². The predicted molar refractivity (Wildman–Crippen MR) is 64.3 cm³/mol. The van der Waals surface area contributed by atoms with Gasteiger partial charge in [0, 0.05) is 17.6 Å². The van der Waals surface area contributed by atoms with Crippen LogP contribution in [0.4, 0.5) is 0 Å². The van der Waals surface area contributed by atoms with Crippen LogP contribution < -0.4 is 5.73 Å². The Hall–Kier alpha value is -0.380. The van der Waals surface area contributed by atoms with E-state index < -0.39 is 0 Å². The molecule has 1 aromatic rings. The Kier molecular flexibility index (Phi) is 4.58. The van der Waals surface area contributed by atoms with Gasteiger partial charge in [0.05, 0.1) is 0 Å². The van der Waals surface area contributed by atoms with Crippen LogP contribution in [0.5, 0.6) is 0 Å². The second-order valence-corrected chi connectivity index (χ2v) is 4.22. The molecule has 1 heterocycles. The van der Waals surface area contributed by atoms with Gasteiger partial charge in [-0.2, -0.15) is 0 Å². The Morgan fingerprint density at radius 2 is 2.07 bits per heavy atom. The van der Waals surface area contributed by atoms with Crippen molar-refractivity contribution in [1.82, 2.24) is 4.90 Å². The van der Waals surface area contributed by atoms with Gasteiger partial charge in [-0.15, -0.1) is 0 Å². The number of fused-ring (bicyclic) bond motifs is 1. The lowest BCUT2D eigenvalue weighted by atomic mass is 10.0. The van der Waals surface area contributed by atoms with Gasteiger partial charge in [-0.3, -0.25) is 0 Å². The lowest BCUT2D eigenvalue weighted by Crippen LogP contribution is -2.26. The summed E-state index contributed by atoms with van der Waals surface area (Å²) in [5.74, 6) is 0. The summed E-state index contributed by atoms with van der Waals surface area (Å²) in [5.41, 5.74) is 7.47. The summed E-state index contributed by atoms with van der Waals surface area (Å²) in [6.07, 6.45) is 1.17. The van der Waals surface area contributed by atoms with Crippen LogP contribution in [0.25, 0.3) is 0 Å². The number of rotatable bonds is 0. The van der Waals surface area contributed by atoms with E-state index in [1.165, 1.54) is 35.6 Å². The van der Waals surface area contributed by atoms with Crippen LogP contribution in [-0.4, -0.2) is 25.5 Å². The Bertz CT molecular complexity index is 299. The number of nitrogens with two attached hydrogens (primary N) is 1. The van der Waals surface area contributed by atoms with E-state index in [2.05, 4.69) is 51.8 Å². The number of nitrogens with zero attached hydrogens (tertiary/aromatic N) is 1. The zero-order valence-electron chi connectivity index (χ0n) is 8.76. The Labute approximate surface area is 94.2 Å². The summed E-state index contributed by atoms with van der Waals surface area (Å²) in [6, 6.07) is 6.46. The van der Waals surface area contributed by atoms with Crippen LogP contribution in [0, 0.1) is 0 Å². The van der Waals surface area contributed by atoms with Gasteiger partial charge < -0.3 is 10.6 Å². The van der Waals surface area contributed by atoms with Crippen molar-refractivity contribution in [3.8, 4) is 0 Å². The number of hydrogen-bond acceptors (Lipinski definition) is 2. The lowest BCUT2D eigenvalue weighted by molar-refractivity contribution is 0.312. The summed E-state index contributed by atoms with van der Waals surface area (Å²) in [6.45, 7) is 2.27. The minimum Gasteiger partial charge on any atom is -0.333 e. The average molecular weight is 257 g/mol. The van der Waals surface area contributed by atoms with E-state index in [9.17, 15) is 0 Å². The third kappa shape index (κ3) is 2.56. The summed E-state index contributed by atoms with van der Waals surface area (Å²) >= 11 is 3.58. The molecule has 0 aliphatic carbocycles. The molecular weight excluding hydrogens is 240 g/mol. The molecule has 0 fully saturated rings. The van der Waals surface area contributed by atoms with Crippen LogP contribution in [0.3, 0.4) is 0 Å². The smallest absolute Gasteiger partial charge is 0.0233 e. The molecule has 14 heavy (non-hydrogen) atoms. The zero-order valence-corrected chi connectivity index (χ0v) is 10.3. The molecule has 0 spiro atoms. The highest BCUT2D eigenvalue weighted by Crippen LogP contribution is 2.25. The fraction of sp³-hybridized carbons (Fsp3) is 0.455. The molecule has 2 N–H and O–H groups in total. The summed E-state index contributed by atoms with van der Waals surface area (Å²) in [7, 11) is 3.67. The van der Waals surface area contributed by atoms with Gasteiger partial charge in [-0.25, -0.2) is 0 Å². The van der Waals surface area contributed by atoms with Crippen molar-refractivity contribution in [2.24, 2.45) is 5.73 Å². The third-order valence-electron chi connectivity index (χ3n) is 2.40. The van der Waals surface area contributed by atoms with Crippen LogP contribution in [0.1, 0.15) is 11.1 Å². The molecule has 78 valence electrons. The van der Waals surface area contributed by atoms with E-state index in [1.807, 2.05) is 0 Å². The highest BCUT2D eigenvalue weighted by Gasteiger charge is 2.14. The van der Waals surface area contributed by atoms with E-state index in [1.54, 1.807) is 0 Å². The monoisotopic (exact) mass is 256 g/mol. The first-order valence-corrected chi connectivity index (χ1v) is 5.59. The fourth-order valence-corrected chi connectivity index (χ4v) is 2.31. The highest BCUT2D eigenvalue weighted by atomic mass is 79.9. The lowest BCUT2D eigenvalue weighted by Gasteiger charge is -2.25. The maximum absolute atomic E-state index is 4.50. The molecule has 1 aliphatic heterocycles. The van der Waals surface area contributed by atoms with Crippen LogP contribution >= 0.6 is 15.9 Å². The molecule has 0 saturated carbocycles. The van der Waals surface area contributed by atoms with Crippen molar-refractivity contribution in [1.29, 1.82) is 0 Å². The van der Waals surface area contributed by atoms with E-state index in [0.717, 1.165) is 6.54 Å². The van der Waals surface area contributed by atoms with Gasteiger partial charge in [0.15, 0.2) is 0 Å². The minimum atomic E-state index is 1.09. The first-order chi connectivity index (χ1) is 6.77. The topological polar surface area (TPSA) is 29.3 Å². The van der Waals surface area contributed by atoms with E-state index >= 15 is 0 Å². The van der Waals surface area contributed by atoms with Crippen LogP contribution in [0.2, 0.25) is 0 Å². The van der Waals surface area contributed by atoms with Gasteiger partial charge in [-0.1, -0.05) is 28.1 Å². The quantitative estimate of drug-likeness (QED) is 0.770. The third-order valence-corrected chi connectivity index (χ3v) is 3.14. The normalized spacial score (nSPS) is 15.4. The maximum atomic E-state index is 4.50. The standard InChI is InChI=1S/C10H12BrN.CH5N/c1-12-6-5-9-8(7-12)3-2-4-10(9)11;1-2/h2-4H,5-7H2,1H3;2H2,1H3. The van der Waals surface area contributed by atoms with Crippen molar-refractivity contribution >= 4 is 15.9 Å². The molecule has 0 aromatic heterocycles. The van der Waals surface area contributed by atoms with Gasteiger partial charge in [-0.05, 0) is 37.7 Å². The molecule has 0 atom stereocenters. The molecule has 0 radical (unpaired) electrons. The zero-order chi connectivity index (χ0) is 10.6. The van der Waals surface area contributed by atoms with E-state index in [0.29, 0.717) is 0 Å². The van der Waals surface area contributed by atoms with Crippen LogP contribution in [-0.2, 0) is 13.0 Å². The SMILES string of the molecule is CN.CN1CCc2c(Br)cccc2C1. The molecule has 0 bridgehead atoms. The van der Waals surface area contributed by atoms with Crippen molar-refractivity contribution in [2.45, 2.75) is 13.0 Å². The molecule has 1 aromatic carbocycles. The molecule has 2 nitrogen and oxygen atoms in total. The van der Waals surface area contributed by atoms with Crippen LogP contribution in [0.15, 0.2) is 22.7 Å². The fourth-order valence-electron chi connectivity index (χ4n) is 1.70. The van der Waals surface area contributed by atoms with E-state index in [-0.39, 0.29) is 0 Å². The van der Waals surface area contributed by atoms with Crippen molar-refractivity contribution in [3.05, 3.63) is 33.8 Å². The number of likely N-dealkylation sites (N-methyl/N-ethyl adjacent to an activating group) is 1. The summed E-state index contributed by atoms with van der Waals surface area (Å²) in [4.78, 5) is 2.36. The summed E-state index contributed by atoms with van der Waals surface area (Å²) < 4.78 is 1.27. The first-order valence-electron chi connectivity index (χ1n) is 4.80. The Morgan fingerprint density at radius 1 is 1.36 bits per heavy atom. The van der Waals surface area contributed by atoms with E-state index in [4.69, 9.17) is 0 Å². The number of halogens is 1. The predicted octanol–water partition coefficient (Wildman–Crippen LogP) is 2.01. The molecule has 0 unspecified atom stereocenters. The number of benzene rings is 1. The summed E-state index contributed by atoms with van der Waals surface area (Å²) in [5, 5.41) is 0. The molecular formula is C11H17BrN2. The van der Waals surface area contributed by atoms with Gasteiger partial charge in [0.25, 0.3) is 0 Å². The van der Waals surface area contributed by atoms with Crippen molar-refractivity contribution in [3.63, 3.8) is 0 Å². The number of hydrogen-bond donors (Lipinski definition) is 1. The van der Waals surface area contributed by atoms with Crippen molar-refractivity contribution in [2.75, 3.05) is 20.6 Å². The van der Waals surface area contributed by atoms with Gasteiger partial charge in [0.1, 0.15) is 0 Å². The second-order valence-electron chi connectivity index (χ2n) is 3.37. The Balaban J connectivity index is 0.000000461. The Morgan fingerprint density at radius 3 is 2.79 bits per heavy atom.